The second-order valence-corrected chi connectivity index (χ2v) is 7.61. The quantitative estimate of drug-likeness (QED) is 0.668. The van der Waals surface area contributed by atoms with Crippen molar-refractivity contribution in [3.63, 3.8) is 0 Å². The Morgan fingerprint density at radius 2 is 1.88 bits per heavy atom. The van der Waals surface area contributed by atoms with Gasteiger partial charge in [-0.2, -0.15) is 4.68 Å². The van der Waals surface area contributed by atoms with Crippen LogP contribution in [0.25, 0.3) is 5.69 Å². The Kier molecular flexibility index (Phi) is 5.58. The average Bonchev–Trinajstić information content (AvgIpc) is 3.06. The number of nitrogens with one attached hydrogen (secondary N) is 1. The van der Waals surface area contributed by atoms with Crippen LogP contribution in [-0.4, -0.2) is 31.4 Å². The molecule has 1 N–H and O–H groups in total. The Labute approximate surface area is 160 Å². The number of tetrazole rings is 1. The number of para-hydroxylation sites is 1. The zero-order valence-electron chi connectivity index (χ0n) is 14.6. The van der Waals surface area contributed by atoms with Gasteiger partial charge in [-0.1, -0.05) is 47.6 Å². The highest BCUT2D eigenvalue weighted by molar-refractivity contribution is 8.00. The topological polar surface area (TPSA) is 72.7 Å². The van der Waals surface area contributed by atoms with E-state index in [2.05, 4.69) is 20.8 Å². The summed E-state index contributed by atoms with van der Waals surface area (Å²) >= 11 is 7.33. The van der Waals surface area contributed by atoms with Gasteiger partial charge >= 0.3 is 0 Å². The van der Waals surface area contributed by atoms with E-state index in [9.17, 15) is 4.79 Å². The molecule has 0 unspecified atom stereocenters. The summed E-state index contributed by atoms with van der Waals surface area (Å²) < 4.78 is 1.57. The van der Waals surface area contributed by atoms with Crippen LogP contribution in [0, 0.1) is 13.8 Å². The maximum atomic E-state index is 12.6. The standard InChI is InChI=1S/C18H18ClN5OS/c1-11-6-4-7-12(2)16(11)20-17(25)13(3)26-18-21-22-23-24(18)15-9-5-8-14(19)10-15/h4-10,13H,1-3H3,(H,20,25)/t13-/m1/s1. The molecule has 0 saturated carbocycles. The van der Waals surface area contributed by atoms with E-state index in [1.807, 2.05) is 51.1 Å². The van der Waals surface area contributed by atoms with Crippen LogP contribution in [0.2, 0.25) is 5.02 Å². The Morgan fingerprint density at radius 3 is 2.58 bits per heavy atom. The number of carbonyl (C=O) groups is 1. The zero-order valence-corrected chi connectivity index (χ0v) is 16.2. The number of aryl methyl sites for hydroxylation is 2. The van der Waals surface area contributed by atoms with Gasteiger partial charge in [0, 0.05) is 10.7 Å². The molecule has 0 radical (unpaired) electrons. The highest BCUT2D eigenvalue weighted by atomic mass is 35.5. The molecular weight excluding hydrogens is 370 g/mol. The van der Waals surface area contributed by atoms with Crippen molar-refractivity contribution >= 4 is 35.0 Å². The Bertz CT molecular complexity index is 923. The molecule has 2 aromatic carbocycles. The van der Waals surface area contributed by atoms with Crippen LogP contribution < -0.4 is 5.32 Å². The molecule has 1 aromatic heterocycles. The van der Waals surface area contributed by atoms with Gasteiger partial charge in [0.25, 0.3) is 0 Å². The minimum Gasteiger partial charge on any atom is -0.325 e. The van der Waals surface area contributed by atoms with Crippen molar-refractivity contribution in [2.75, 3.05) is 5.32 Å². The molecule has 26 heavy (non-hydrogen) atoms. The monoisotopic (exact) mass is 387 g/mol. The van der Waals surface area contributed by atoms with Gasteiger partial charge in [0.15, 0.2) is 0 Å². The van der Waals surface area contributed by atoms with E-state index >= 15 is 0 Å². The van der Waals surface area contributed by atoms with E-state index < -0.39 is 0 Å². The third kappa shape index (κ3) is 4.05. The van der Waals surface area contributed by atoms with E-state index in [0.717, 1.165) is 22.5 Å². The predicted molar refractivity (Wildman–Crippen MR) is 104 cm³/mol. The van der Waals surface area contributed by atoms with E-state index in [4.69, 9.17) is 11.6 Å². The molecule has 134 valence electrons. The van der Waals surface area contributed by atoms with Gasteiger partial charge in [0.05, 0.1) is 10.9 Å². The summed E-state index contributed by atoms with van der Waals surface area (Å²) in [6.07, 6.45) is 0. The lowest BCUT2D eigenvalue weighted by Gasteiger charge is -2.15. The molecule has 3 aromatic rings. The van der Waals surface area contributed by atoms with Crippen molar-refractivity contribution in [1.29, 1.82) is 0 Å². The first-order valence-electron chi connectivity index (χ1n) is 8.04. The highest BCUT2D eigenvalue weighted by Gasteiger charge is 2.20. The number of anilines is 1. The lowest BCUT2D eigenvalue weighted by atomic mass is 10.1. The first-order chi connectivity index (χ1) is 12.5. The third-order valence-electron chi connectivity index (χ3n) is 3.87. The number of carbonyl (C=O) groups excluding carboxylic acids is 1. The molecule has 3 rings (SSSR count). The van der Waals surface area contributed by atoms with Gasteiger partial charge in [0.2, 0.25) is 11.1 Å². The first-order valence-corrected chi connectivity index (χ1v) is 9.29. The summed E-state index contributed by atoms with van der Waals surface area (Å²) in [6.45, 7) is 5.77. The third-order valence-corrected chi connectivity index (χ3v) is 5.14. The molecule has 0 fully saturated rings. The predicted octanol–water partition coefficient (Wildman–Crippen LogP) is 4.05. The maximum Gasteiger partial charge on any atom is 0.237 e. The Morgan fingerprint density at radius 1 is 1.19 bits per heavy atom. The largest absolute Gasteiger partial charge is 0.325 e. The van der Waals surface area contributed by atoms with Crippen molar-refractivity contribution < 1.29 is 4.79 Å². The van der Waals surface area contributed by atoms with Crippen molar-refractivity contribution in [2.45, 2.75) is 31.2 Å². The van der Waals surface area contributed by atoms with Gasteiger partial charge in [-0.3, -0.25) is 4.79 Å². The van der Waals surface area contributed by atoms with Crippen molar-refractivity contribution in [3.05, 3.63) is 58.6 Å². The molecule has 0 bridgehead atoms. The van der Waals surface area contributed by atoms with Gasteiger partial charge in [0.1, 0.15) is 0 Å². The molecule has 1 atom stereocenters. The molecule has 8 heteroatoms. The number of amides is 1. The number of benzene rings is 2. The summed E-state index contributed by atoms with van der Waals surface area (Å²) in [5, 5.41) is 15.5. The van der Waals surface area contributed by atoms with E-state index in [0.29, 0.717) is 10.2 Å². The second-order valence-electron chi connectivity index (χ2n) is 5.87. The smallest absolute Gasteiger partial charge is 0.237 e. The molecule has 0 aliphatic rings. The SMILES string of the molecule is Cc1cccc(C)c1NC(=O)[C@@H](C)Sc1nnnn1-c1cccc(Cl)c1. The Balaban J connectivity index is 1.76. The number of thioether (sulfide) groups is 1. The minimum atomic E-state index is -0.377. The highest BCUT2D eigenvalue weighted by Crippen LogP contribution is 2.26. The summed E-state index contributed by atoms with van der Waals surface area (Å²) in [5.74, 6) is -0.104. The van der Waals surface area contributed by atoms with Gasteiger partial charge in [-0.15, -0.1) is 5.10 Å². The molecule has 1 heterocycles. The number of halogens is 1. The first kappa shape index (κ1) is 18.4. The van der Waals surface area contributed by atoms with Crippen LogP contribution in [0.4, 0.5) is 5.69 Å². The van der Waals surface area contributed by atoms with Crippen LogP contribution in [-0.2, 0) is 4.79 Å². The fraction of sp³-hybridized carbons (Fsp3) is 0.222. The van der Waals surface area contributed by atoms with Crippen LogP contribution in [0.1, 0.15) is 18.1 Å². The van der Waals surface area contributed by atoms with Gasteiger partial charge in [-0.05, 0) is 60.5 Å². The molecule has 0 spiro atoms. The lowest BCUT2D eigenvalue weighted by Crippen LogP contribution is -2.23. The molecule has 1 amide bonds. The Hall–Kier alpha value is -2.38. The summed E-state index contributed by atoms with van der Waals surface area (Å²) in [6, 6.07) is 13.1. The minimum absolute atomic E-state index is 0.104. The van der Waals surface area contributed by atoms with Crippen molar-refractivity contribution in [2.24, 2.45) is 0 Å². The molecular formula is C18H18ClN5OS. The van der Waals surface area contributed by atoms with Crippen molar-refractivity contribution in [3.8, 4) is 5.69 Å². The van der Waals surface area contributed by atoms with Crippen LogP contribution in [0.3, 0.4) is 0 Å². The number of aromatic nitrogens is 4. The number of hydrogen-bond donors (Lipinski definition) is 1. The fourth-order valence-electron chi connectivity index (χ4n) is 2.47. The van der Waals surface area contributed by atoms with Crippen LogP contribution >= 0.6 is 23.4 Å². The number of nitrogens with zero attached hydrogens (tertiary/aromatic N) is 4. The average molecular weight is 388 g/mol. The summed E-state index contributed by atoms with van der Waals surface area (Å²) in [7, 11) is 0. The number of rotatable bonds is 5. The summed E-state index contributed by atoms with van der Waals surface area (Å²) in [5.41, 5.74) is 3.64. The van der Waals surface area contributed by atoms with Crippen LogP contribution in [0.5, 0.6) is 0 Å². The van der Waals surface area contributed by atoms with E-state index in [-0.39, 0.29) is 11.2 Å². The zero-order chi connectivity index (χ0) is 18.7. The molecule has 0 aliphatic heterocycles. The normalized spacial score (nSPS) is 12.0. The van der Waals surface area contributed by atoms with Crippen molar-refractivity contribution in [1.82, 2.24) is 20.2 Å². The molecule has 0 aliphatic carbocycles. The number of hydrogen-bond acceptors (Lipinski definition) is 5. The molecule has 0 saturated heterocycles. The maximum absolute atomic E-state index is 12.6. The lowest BCUT2D eigenvalue weighted by molar-refractivity contribution is -0.115. The fourth-order valence-corrected chi connectivity index (χ4v) is 3.46. The van der Waals surface area contributed by atoms with Gasteiger partial charge < -0.3 is 5.32 Å². The van der Waals surface area contributed by atoms with Gasteiger partial charge in [-0.25, -0.2) is 0 Å². The van der Waals surface area contributed by atoms with E-state index in [1.165, 1.54) is 11.8 Å². The van der Waals surface area contributed by atoms with Crippen LogP contribution in [0.15, 0.2) is 47.6 Å². The molecule has 6 nitrogen and oxygen atoms in total. The summed E-state index contributed by atoms with van der Waals surface area (Å²) in [4.78, 5) is 12.6. The van der Waals surface area contributed by atoms with E-state index in [1.54, 1.807) is 16.8 Å². The second kappa shape index (κ2) is 7.88.